The molecule has 0 atom stereocenters. The largest absolute Gasteiger partial charge is 0.480 e. The molecule has 0 unspecified atom stereocenters. The van der Waals surface area contributed by atoms with Crippen molar-refractivity contribution < 1.29 is 9.90 Å². The van der Waals surface area contributed by atoms with Crippen molar-refractivity contribution in [1.82, 2.24) is 4.90 Å². The summed E-state index contributed by atoms with van der Waals surface area (Å²) >= 11 is 0. The Bertz CT molecular complexity index is 414. The molecule has 1 aliphatic heterocycles. The van der Waals surface area contributed by atoms with E-state index in [1.54, 1.807) is 0 Å². The lowest BCUT2D eigenvalue weighted by molar-refractivity contribution is -0.138. The summed E-state index contributed by atoms with van der Waals surface area (Å²) in [6.45, 7) is 6.24. The van der Waals surface area contributed by atoms with E-state index in [-0.39, 0.29) is 6.54 Å². The highest BCUT2D eigenvalue weighted by molar-refractivity contribution is 5.69. The molecule has 2 rings (SSSR count). The van der Waals surface area contributed by atoms with Crippen molar-refractivity contribution in [2.75, 3.05) is 19.6 Å². The van der Waals surface area contributed by atoms with Gasteiger partial charge in [0.05, 0.1) is 6.54 Å². The summed E-state index contributed by atoms with van der Waals surface area (Å²) in [6.07, 6.45) is 2.13. The van der Waals surface area contributed by atoms with Gasteiger partial charge in [0.25, 0.3) is 0 Å². The Hall–Kier alpha value is -1.35. The van der Waals surface area contributed by atoms with E-state index in [4.69, 9.17) is 5.11 Å². The van der Waals surface area contributed by atoms with Gasteiger partial charge >= 0.3 is 5.97 Å². The van der Waals surface area contributed by atoms with Crippen LogP contribution in [0.15, 0.2) is 18.2 Å². The summed E-state index contributed by atoms with van der Waals surface area (Å²) in [4.78, 5) is 12.7. The minimum atomic E-state index is -0.722. The Labute approximate surface area is 108 Å². The van der Waals surface area contributed by atoms with E-state index in [9.17, 15) is 4.79 Å². The van der Waals surface area contributed by atoms with Crippen LogP contribution in [0.25, 0.3) is 0 Å². The predicted octanol–water partition coefficient (Wildman–Crippen LogP) is 2.57. The lowest BCUT2D eigenvalue weighted by atomic mass is 9.88. The normalized spacial score (nSPS) is 17.9. The maximum absolute atomic E-state index is 10.7. The first-order valence-electron chi connectivity index (χ1n) is 6.57. The fourth-order valence-electron chi connectivity index (χ4n) is 2.86. The molecule has 3 heteroatoms. The van der Waals surface area contributed by atoms with Crippen LogP contribution in [-0.2, 0) is 4.79 Å². The standard InChI is InChI=1S/C15H21NO2/c1-11-7-12(2)9-14(8-11)13-3-5-16(6-4-13)10-15(17)18/h7-9,13H,3-6,10H2,1-2H3,(H,17,18). The predicted molar refractivity (Wildman–Crippen MR) is 72.0 cm³/mol. The number of carboxylic acids is 1. The number of hydrogen-bond donors (Lipinski definition) is 1. The molecule has 18 heavy (non-hydrogen) atoms. The van der Waals surface area contributed by atoms with E-state index in [1.807, 2.05) is 4.90 Å². The topological polar surface area (TPSA) is 40.5 Å². The van der Waals surface area contributed by atoms with Crippen molar-refractivity contribution in [1.29, 1.82) is 0 Å². The van der Waals surface area contributed by atoms with E-state index < -0.39 is 5.97 Å². The van der Waals surface area contributed by atoms with Crippen LogP contribution in [0.2, 0.25) is 0 Å². The van der Waals surface area contributed by atoms with Crippen LogP contribution in [0.4, 0.5) is 0 Å². The summed E-state index contributed by atoms with van der Waals surface area (Å²) in [5.41, 5.74) is 4.05. The molecule has 0 radical (unpaired) electrons. The number of rotatable bonds is 3. The second kappa shape index (κ2) is 5.53. The molecular formula is C15H21NO2. The number of benzene rings is 1. The fraction of sp³-hybridized carbons (Fsp3) is 0.533. The Morgan fingerprint density at radius 3 is 2.28 bits per heavy atom. The Balaban J connectivity index is 1.98. The highest BCUT2D eigenvalue weighted by Crippen LogP contribution is 2.29. The van der Waals surface area contributed by atoms with Gasteiger partial charge in [-0.3, -0.25) is 9.69 Å². The molecule has 1 N–H and O–H groups in total. The Morgan fingerprint density at radius 1 is 1.22 bits per heavy atom. The van der Waals surface area contributed by atoms with Crippen LogP contribution in [0.5, 0.6) is 0 Å². The summed E-state index contributed by atoms with van der Waals surface area (Å²) in [5.74, 6) is -0.131. The van der Waals surface area contributed by atoms with Crippen molar-refractivity contribution in [3.05, 3.63) is 34.9 Å². The van der Waals surface area contributed by atoms with Gasteiger partial charge in [0.15, 0.2) is 0 Å². The van der Waals surface area contributed by atoms with E-state index >= 15 is 0 Å². The first-order valence-corrected chi connectivity index (χ1v) is 6.57. The van der Waals surface area contributed by atoms with Crippen LogP contribution in [0.1, 0.15) is 35.4 Å². The zero-order chi connectivity index (χ0) is 13.1. The van der Waals surface area contributed by atoms with E-state index in [0.717, 1.165) is 25.9 Å². The summed E-state index contributed by atoms with van der Waals surface area (Å²) in [7, 11) is 0. The molecule has 98 valence electrons. The van der Waals surface area contributed by atoms with E-state index in [0.29, 0.717) is 5.92 Å². The molecule has 0 bridgehead atoms. The number of likely N-dealkylation sites (tertiary alicyclic amines) is 1. The van der Waals surface area contributed by atoms with Crippen LogP contribution >= 0.6 is 0 Å². The number of aryl methyl sites for hydroxylation is 2. The van der Waals surface area contributed by atoms with Gasteiger partial charge in [-0.25, -0.2) is 0 Å². The van der Waals surface area contributed by atoms with Crippen molar-refractivity contribution in [2.45, 2.75) is 32.6 Å². The quantitative estimate of drug-likeness (QED) is 0.892. The van der Waals surface area contributed by atoms with Crippen molar-refractivity contribution in [2.24, 2.45) is 0 Å². The van der Waals surface area contributed by atoms with Crippen molar-refractivity contribution in [3.8, 4) is 0 Å². The first-order chi connectivity index (χ1) is 8.54. The molecule has 0 amide bonds. The molecule has 1 saturated heterocycles. The maximum atomic E-state index is 10.7. The second-order valence-corrected chi connectivity index (χ2v) is 5.37. The van der Waals surface area contributed by atoms with E-state index in [2.05, 4.69) is 32.0 Å². The minimum absolute atomic E-state index is 0.180. The second-order valence-electron chi connectivity index (χ2n) is 5.37. The monoisotopic (exact) mass is 247 g/mol. The minimum Gasteiger partial charge on any atom is -0.480 e. The molecule has 0 aromatic heterocycles. The number of piperidine rings is 1. The van der Waals surface area contributed by atoms with Crippen LogP contribution in [-0.4, -0.2) is 35.6 Å². The van der Waals surface area contributed by atoms with Crippen LogP contribution < -0.4 is 0 Å². The molecule has 1 fully saturated rings. The molecule has 0 saturated carbocycles. The number of hydrogen-bond acceptors (Lipinski definition) is 2. The van der Waals surface area contributed by atoms with Gasteiger partial charge in [-0.1, -0.05) is 29.3 Å². The van der Waals surface area contributed by atoms with Gasteiger partial charge in [-0.15, -0.1) is 0 Å². The van der Waals surface area contributed by atoms with Gasteiger partial charge in [0, 0.05) is 0 Å². The number of carbonyl (C=O) groups is 1. The summed E-state index contributed by atoms with van der Waals surface area (Å²) < 4.78 is 0. The summed E-state index contributed by atoms with van der Waals surface area (Å²) in [6, 6.07) is 6.73. The molecule has 1 aromatic rings. The molecule has 1 aliphatic rings. The van der Waals surface area contributed by atoms with Crippen LogP contribution in [0, 0.1) is 13.8 Å². The highest BCUT2D eigenvalue weighted by atomic mass is 16.4. The van der Waals surface area contributed by atoms with Gasteiger partial charge in [-0.05, 0) is 51.3 Å². The fourth-order valence-corrected chi connectivity index (χ4v) is 2.86. The molecule has 0 spiro atoms. The third-order valence-corrected chi connectivity index (χ3v) is 3.66. The summed E-state index contributed by atoms with van der Waals surface area (Å²) in [5, 5.41) is 8.78. The number of aliphatic carboxylic acids is 1. The zero-order valence-electron chi connectivity index (χ0n) is 11.1. The molecular weight excluding hydrogens is 226 g/mol. The SMILES string of the molecule is Cc1cc(C)cc(C2CCN(CC(=O)O)CC2)c1. The van der Waals surface area contributed by atoms with Gasteiger partial charge < -0.3 is 5.11 Å². The first kappa shape index (κ1) is 13.1. The lowest BCUT2D eigenvalue weighted by Gasteiger charge is -2.31. The van der Waals surface area contributed by atoms with Crippen molar-refractivity contribution in [3.63, 3.8) is 0 Å². The third-order valence-electron chi connectivity index (χ3n) is 3.66. The maximum Gasteiger partial charge on any atom is 0.317 e. The van der Waals surface area contributed by atoms with Crippen molar-refractivity contribution >= 4 is 5.97 Å². The molecule has 1 aromatic carbocycles. The average molecular weight is 247 g/mol. The average Bonchev–Trinajstić information content (AvgIpc) is 2.27. The third kappa shape index (κ3) is 3.33. The Morgan fingerprint density at radius 2 is 1.78 bits per heavy atom. The lowest BCUT2D eigenvalue weighted by Crippen LogP contribution is -2.36. The van der Waals surface area contributed by atoms with E-state index in [1.165, 1.54) is 16.7 Å². The highest BCUT2D eigenvalue weighted by Gasteiger charge is 2.21. The smallest absolute Gasteiger partial charge is 0.317 e. The zero-order valence-corrected chi connectivity index (χ0v) is 11.1. The van der Waals surface area contributed by atoms with Gasteiger partial charge in [0.2, 0.25) is 0 Å². The van der Waals surface area contributed by atoms with Crippen LogP contribution in [0.3, 0.4) is 0 Å². The Kier molecular flexibility index (Phi) is 4.02. The van der Waals surface area contributed by atoms with Gasteiger partial charge in [0.1, 0.15) is 0 Å². The molecule has 0 aliphatic carbocycles. The number of nitrogens with zero attached hydrogens (tertiary/aromatic N) is 1. The number of carboxylic acid groups (broad SMARTS) is 1. The van der Waals surface area contributed by atoms with Gasteiger partial charge in [-0.2, -0.15) is 0 Å². The molecule has 3 nitrogen and oxygen atoms in total. The molecule has 1 heterocycles.